The van der Waals surface area contributed by atoms with E-state index in [1.165, 1.54) is 0 Å². The number of benzene rings is 1. The Balaban J connectivity index is 2.29. The molecule has 0 radical (unpaired) electrons. The van der Waals surface area contributed by atoms with Crippen LogP contribution in [0.5, 0.6) is 5.75 Å². The molecule has 0 amide bonds. The van der Waals surface area contributed by atoms with E-state index in [4.69, 9.17) is 4.74 Å². The number of hydrogen-bond donors (Lipinski definition) is 0. The Hall–Kier alpha value is -1.19. The molecule has 0 saturated heterocycles. The summed E-state index contributed by atoms with van der Waals surface area (Å²) >= 11 is 0. The van der Waals surface area contributed by atoms with Crippen molar-refractivity contribution in [3.05, 3.63) is 29.3 Å². The zero-order valence-corrected chi connectivity index (χ0v) is 8.97. The lowest BCUT2D eigenvalue weighted by atomic mass is 9.96. The van der Waals surface area contributed by atoms with Crippen LogP contribution in [0.15, 0.2) is 18.2 Å². The molecule has 1 aromatic rings. The zero-order chi connectivity index (χ0) is 11.8. The minimum Gasteiger partial charge on any atom is -0.493 e. The van der Waals surface area contributed by atoms with E-state index >= 15 is 0 Å². The molecule has 0 aromatic heterocycles. The smallest absolute Gasteiger partial charge is 0.416 e. The minimum atomic E-state index is -4.29. The van der Waals surface area contributed by atoms with Gasteiger partial charge in [0.2, 0.25) is 0 Å². The normalized spacial score (nSPS) is 19.4. The van der Waals surface area contributed by atoms with Crippen molar-refractivity contribution in [3.63, 3.8) is 0 Å². The molecule has 1 unspecified atom stereocenters. The fourth-order valence-corrected chi connectivity index (χ4v) is 2.04. The van der Waals surface area contributed by atoms with Gasteiger partial charge in [0.15, 0.2) is 0 Å². The van der Waals surface area contributed by atoms with Gasteiger partial charge in [0.1, 0.15) is 5.75 Å². The van der Waals surface area contributed by atoms with Crippen molar-refractivity contribution in [2.75, 3.05) is 6.61 Å². The van der Waals surface area contributed by atoms with Crippen LogP contribution in [0, 0.1) is 0 Å². The van der Waals surface area contributed by atoms with E-state index in [1.807, 2.05) is 0 Å². The second-order valence-electron chi connectivity index (χ2n) is 4.05. The molecule has 1 atom stereocenters. The van der Waals surface area contributed by atoms with Crippen molar-refractivity contribution >= 4 is 0 Å². The summed E-state index contributed by atoms with van der Waals surface area (Å²) in [5, 5.41) is 0. The van der Waals surface area contributed by atoms with Gasteiger partial charge in [-0.25, -0.2) is 0 Å². The molecule has 1 nitrogen and oxygen atoms in total. The number of fused-ring (bicyclic) bond motifs is 1. The van der Waals surface area contributed by atoms with Gasteiger partial charge in [0.05, 0.1) is 12.2 Å². The molecule has 1 aliphatic rings. The quantitative estimate of drug-likeness (QED) is 0.746. The van der Waals surface area contributed by atoms with Crippen molar-refractivity contribution < 1.29 is 17.9 Å². The van der Waals surface area contributed by atoms with Gasteiger partial charge < -0.3 is 4.74 Å². The average Bonchev–Trinajstić information content (AvgIpc) is 2.60. The van der Waals surface area contributed by atoms with Gasteiger partial charge in [0.25, 0.3) is 0 Å². The van der Waals surface area contributed by atoms with Crippen LogP contribution in [0.2, 0.25) is 0 Å². The second-order valence-corrected chi connectivity index (χ2v) is 4.05. The lowest BCUT2D eigenvalue weighted by molar-refractivity contribution is -0.137. The van der Waals surface area contributed by atoms with Crippen LogP contribution in [0.3, 0.4) is 0 Å². The number of halogens is 3. The number of hydrogen-bond acceptors (Lipinski definition) is 1. The predicted molar refractivity (Wildman–Crippen MR) is 54.6 cm³/mol. The molecule has 16 heavy (non-hydrogen) atoms. The molecule has 0 N–H and O–H groups in total. The zero-order valence-electron chi connectivity index (χ0n) is 8.97. The van der Waals surface area contributed by atoms with Crippen molar-refractivity contribution in [3.8, 4) is 5.75 Å². The highest BCUT2D eigenvalue weighted by molar-refractivity contribution is 5.43. The molecule has 0 bridgehead atoms. The van der Waals surface area contributed by atoms with Gasteiger partial charge in [-0.1, -0.05) is 19.4 Å². The van der Waals surface area contributed by atoms with E-state index in [0.717, 1.165) is 30.5 Å². The molecule has 0 aliphatic carbocycles. The van der Waals surface area contributed by atoms with E-state index in [9.17, 15) is 13.2 Å². The number of ether oxygens (including phenoxy) is 1. The van der Waals surface area contributed by atoms with E-state index in [2.05, 4.69) is 6.92 Å². The van der Waals surface area contributed by atoms with E-state index < -0.39 is 11.7 Å². The van der Waals surface area contributed by atoms with Gasteiger partial charge in [-0.2, -0.15) is 13.2 Å². The molecule has 0 fully saturated rings. The van der Waals surface area contributed by atoms with Gasteiger partial charge in [0, 0.05) is 11.5 Å². The minimum absolute atomic E-state index is 0.252. The first-order valence-electron chi connectivity index (χ1n) is 5.36. The number of rotatable bonds is 2. The molecular weight excluding hydrogens is 217 g/mol. The van der Waals surface area contributed by atoms with E-state index in [-0.39, 0.29) is 5.92 Å². The Kier molecular flexibility index (Phi) is 2.82. The van der Waals surface area contributed by atoms with E-state index in [0.29, 0.717) is 12.4 Å². The fourth-order valence-electron chi connectivity index (χ4n) is 2.04. The molecule has 1 aliphatic heterocycles. The van der Waals surface area contributed by atoms with Crippen molar-refractivity contribution in [2.45, 2.75) is 31.9 Å². The second kappa shape index (κ2) is 4.00. The highest BCUT2D eigenvalue weighted by Gasteiger charge is 2.33. The Bertz CT molecular complexity index is 384. The third-order valence-corrected chi connectivity index (χ3v) is 2.86. The third kappa shape index (κ3) is 2.01. The largest absolute Gasteiger partial charge is 0.493 e. The van der Waals surface area contributed by atoms with Crippen LogP contribution >= 0.6 is 0 Å². The van der Waals surface area contributed by atoms with Gasteiger partial charge in [-0.3, -0.25) is 0 Å². The summed E-state index contributed by atoms with van der Waals surface area (Å²) in [6.07, 6.45) is -2.33. The van der Waals surface area contributed by atoms with E-state index in [1.54, 1.807) is 6.07 Å². The fraction of sp³-hybridized carbons (Fsp3) is 0.500. The van der Waals surface area contributed by atoms with Crippen LogP contribution in [-0.2, 0) is 6.18 Å². The average molecular weight is 230 g/mol. The summed E-state index contributed by atoms with van der Waals surface area (Å²) in [4.78, 5) is 0. The summed E-state index contributed by atoms with van der Waals surface area (Å²) in [7, 11) is 0. The van der Waals surface area contributed by atoms with Crippen LogP contribution < -0.4 is 4.74 Å². The van der Waals surface area contributed by atoms with Crippen LogP contribution in [-0.4, -0.2) is 6.61 Å². The third-order valence-electron chi connectivity index (χ3n) is 2.86. The summed E-state index contributed by atoms with van der Waals surface area (Å²) in [6, 6.07) is 3.78. The van der Waals surface area contributed by atoms with Crippen molar-refractivity contribution in [1.29, 1.82) is 0 Å². The first kappa shape index (κ1) is 11.3. The van der Waals surface area contributed by atoms with Crippen LogP contribution in [0.1, 0.15) is 36.8 Å². The molecule has 1 heterocycles. The Morgan fingerprint density at radius 3 is 2.75 bits per heavy atom. The van der Waals surface area contributed by atoms with Crippen LogP contribution in [0.25, 0.3) is 0 Å². The standard InChI is InChI=1S/C12H13F3O/c1-2-3-8-7-16-11-6-9(12(13,14)15)4-5-10(8)11/h4-6,8H,2-3,7H2,1H3. The molecule has 88 valence electrons. The molecule has 2 rings (SSSR count). The monoisotopic (exact) mass is 230 g/mol. The summed E-state index contributed by atoms with van der Waals surface area (Å²) in [6.45, 7) is 2.56. The Morgan fingerprint density at radius 1 is 1.38 bits per heavy atom. The SMILES string of the molecule is CCCC1COc2cc(C(F)(F)F)ccc21. The summed E-state index contributed by atoms with van der Waals surface area (Å²) < 4.78 is 42.6. The topological polar surface area (TPSA) is 9.23 Å². The Morgan fingerprint density at radius 2 is 2.12 bits per heavy atom. The summed E-state index contributed by atoms with van der Waals surface area (Å²) in [5.74, 6) is 0.649. The molecule has 0 spiro atoms. The maximum Gasteiger partial charge on any atom is 0.416 e. The maximum atomic E-state index is 12.4. The van der Waals surface area contributed by atoms with Gasteiger partial charge in [-0.05, 0) is 18.6 Å². The molecule has 0 saturated carbocycles. The summed E-state index contributed by atoms with van der Waals surface area (Å²) in [5.41, 5.74) is 0.276. The van der Waals surface area contributed by atoms with Crippen molar-refractivity contribution in [2.24, 2.45) is 0 Å². The predicted octanol–water partition coefficient (Wildman–Crippen LogP) is 3.98. The lowest BCUT2D eigenvalue weighted by Gasteiger charge is -2.09. The highest BCUT2D eigenvalue weighted by Crippen LogP contribution is 2.40. The first-order chi connectivity index (χ1) is 7.52. The molecule has 1 aromatic carbocycles. The number of alkyl halides is 3. The highest BCUT2D eigenvalue weighted by atomic mass is 19.4. The van der Waals surface area contributed by atoms with Gasteiger partial charge >= 0.3 is 6.18 Å². The Labute approximate surface area is 92.2 Å². The van der Waals surface area contributed by atoms with Crippen LogP contribution in [0.4, 0.5) is 13.2 Å². The van der Waals surface area contributed by atoms with Crippen molar-refractivity contribution in [1.82, 2.24) is 0 Å². The molecule has 4 heteroatoms. The van der Waals surface area contributed by atoms with Gasteiger partial charge in [-0.15, -0.1) is 0 Å². The molecular formula is C12H13F3O. The maximum absolute atomic E-state index is 12.4. The lowest BCUT2D eigenvalue weighted by Crippen LogP contribution is -2.04. The first-order valence-corrected chi connectivity index (χ1v) is 5.36.